The highest BCUT2D eigenvalue weighted by molar-refractivity contribution is 5.99. The highest BCUT2D eigenvalue weighted by atomic mass is 16.5. The summed E-state index contributed by atoms with van der Waals surface area (Å²) >= 11 is 0. The van der Waals surface area contributed by atoms with E-state index in [1.54, 1.807) is 31.4 Å². The van der Waals surface area contributed by atoms with Crippen LogP contribution in [0.2, 0.25) is 0 Å². The molecule has 0 heterocycles. The van der Waals surface area contributed by atoms with Gasteiger partial charge in [-0.1, -0.05) is 13.3 Å². The lowest BCUT2D eigenvalue weighted by Crippen LogP contribution is -2.24. The van der Waals surface area contributed by atoms with Gasteiger partial charge in [0.15, 0.2) is 5.78 Å². The van der Waals surface area contributed by atoms with Crippen LogP contribution < -0.4 is 4.74 Å². The van der Waals surface area contributed by atoms with E-state index in [4.69, 9.17) is 9.47 Å². The van der Waals surface area contributed by atoms with E-state index in [0.29, 0.717) is 12.2 Å². The number of methoxy groups -OCH3 is 1. The maximum Gasteiger partial charge on any atom is 0.191 e. The molecule has 1 atom stereocenters. The van der Waals surface area contributed by atoms with Crippen LogP contribution in [-0.4, -0.2) is 25.6 Å². The molecule has 0 aliphatic rings. The van der Waals surface area contributed by atoms with Crippen LogP contribution in [0, 0.1) is 0 Å². The molecule has 0 aliphatic carbocycles. The quantitative estimate of drug-likeness (QED) is 0.682. The van der Waals surface area contributed by atoms with Crippen molar-refractivity contribution in [1.29, 1.82) is 0 Å². The minimum atomic E-state index is -0.321. The van der Waals surface area contributed by atoms with Crippen molar-refractivity contribution in [2.45, 2.75) is 32.8 Å². The molecule has 0 amide bonds. The van der Waals surface area contributed by atoms with Gasteiger partial charge in [-0.05, 0) is 37.6 Å². The van der Waals surface area contributed by atoms with Gasteiger partial charge < -0.3 is 9.47 Å². The van der Waals surface area contributed by atoms with E-state index in [2.05, 4.69) is 0 Å². The standard InChI is InChI=1S/C14H20O3/c1-4-6-13(17-5-2)14(15)11-7-9-12(16-3)10-8-11/h7-10,13H,4-6H2,1-3H3. The van der Waals surface area contributed by atoms with E-state index in [1.165, 1.54) is 0 Å². The van der Waals surface area contributed by atoms with Crippen molar-refractivity contribution in [2.24, 2.45) is 0 Å². The molecule has 3 nitrogen and oxygen atoms in total. The van der Waals surface area contributed by atoms with Crippen LogP contribution >= 0.6 is 0 Å². The Bertz CT molecular complexity index is 337. The third-order valence-electron chi connectivity index (χ3n) is 2.59. The number of hydrogen-bond acceptors (Lipinski definition) is 3. The van der Waals surface area contributed by atoms with Crippen molar-refractivity contribution in [3.05, 3.63) is 29.8 Å². The zero-order valence-corrected chi connectivity index (χ0v) is 10.7. The van der Waals surface area contributed by atoms with Crippen molar-refractivity contribution in [3.63, 3.8) is 0 Å². The van der Waals surface area contributed by atoms with Crippen LogP contribution in [0.3, 0.4) is 0 Å². The maximum absolute atomic E-state index is 12.2. The molecule has 0 spiro atoms. The number of benzene rings is 1. The van der Waals surface area contributed by atoms with Gasteiger partial charge in [0.25, 0.3) is 0 Å². The molecule has 3 heteroatoms. The molecule has 1 aromatic carbocycles. The normalized spacial score (nSPS) is 12.2. The Morgan fingerprint density at radius 1 is 1.24 bits per heavy atom. The topological polar surface area (TPSA) is 35.5 Å². The first-order chi connectivity index (χ1) is 8.22. The lowest BCUT2D eigenvalue weighted by molar-refractivity contribution is 0.0423. The number of Topliss-reactive ketones (excluding diaryl/α,β-unsaturated/α-hetero) is 1. The van der Waals surface area contributed by atoms with E-state index in [0.717, 1.165) is 18.6 Å². The molecule has 17 heavy (non-hydrogen) atoms. The minimum Gasteiger partial charge on any atom is -0.497 e. The molecule has 94 valence electrons. The monoisotopic (exact) mass is 236 g/mol. The maximum atomic E-state index is 12.2. The first kappa shape index (κ1) is 13.7. The predicted octanol–water partition coefficient (Wildman–Crippen LogP) is 3.08. The molecule has 0 radical (unpaired) electrons. The predicted molar refractivity (Wildman–Crippen MR) is 67.6 cm³/mol. The van der Waals surface area contributed by atoms with Crippen molar-refractivity contribution in [2.75, 3.05) is 13.7 Å². The Morgan fingerprint density at radius 3 is 2.35 bits per heavy atom. The molecular formula is C14H20O3. The van der Waals surface area contributed by atoms with Gasteiger partial charge in [0.1, 0.15) is 11.9 Å². The summed E-state index contributed by atoms with van der Waals surface area (Å²) < 4.78 is 10.5. The lowest BCUT2D eigenvalue weighted by atomic mass is 10.0. The van der Waals surface area contributed by atoms with Crippen LogP contribution in [0.25, 0.3) is 0 Å². The summed E-state index contributed by atoms with van der Waals surface area (Å²) in [6.45, 7) is 4.52. The van der Waals surface area contributed by atoms with E-state index >= 15 is 0 Å². The highest BCUT2D eigenvalue weighted by Gasteiger charge is 2.19. The summed E-state index contributed by atoms with van der Waals surface area (Å²) in [5.74, 6) is 0.807. The third kappa shape index (κ3) is 3.86. The Labute approximate surface area is 103 Å². The minimum absolute atomic E-state index is 0.0522. The average molecular weight is 236 g/mol. The zero-order valence-electron chi connectivity index (χ0n) is 10.7. The fourth-order valence-electron chi connectivity index (χ4n) is 1.69. The lowest BCUT2D eigenvalue weighted by Gasteiger charge is -2.15. The first-order valence-corrected chi connectivity index (χ1v) is 6.02. The first-order valence-electron chi connectivity index (χ1n) is 6.02. The second-order valence-electron chi connectivity index (χ2n) is 3.83. The van der Waals surface area contributed by atoms with E-state index in [1.807, 2.05) is 13.8 Å². The second kappa shape index (κ2) is 7.07. The fourth-order valence-corrected chi connectivity index (χ4v) is 1.69. The molecule has 1 aromatic rings. The number of carbonyl (C=O) groups excluding carboxylic acids is 1. The van der Waals surface area contributed by atoms with Gasteiger partial charge in [-0.25, -0.2) is 0 Å². The molecule has 0 fully saturated rings. The van der Waals surface area contributed by atoms with Gasteiger partial charge >= 0.3 is 0 Å². The Morgan fingerprint density at radius 2 is 1.88 bits per heavy atom. The smallest absolute Gasteiger partial charge is 0.191 e. The van der Waals surface area contributed by atoms with Gasteiger partial charge in [0, 0.05) is 12.2 Å². The van der Waals surface area contributed by atoms with E-state index < -0.39 is 0 Å². The molecule has 0 aromatic heterocycles. The van der Waals surface area contributed by atoms with Gasteiger partial charge in [-0.15, -0.1) is 0 Å². The Hall–Kier alpha value is -1.35. The van der Waals surface area contributed by atoms with Gasteiger partial charge in [-0.3, -0.25) is 4.79 Å². The summed E-state index contributed by atoms with van der Waals surface area (Å²) in [6.07, 6.45) is 1.38. The van der Waals surface area contributed by atoms with Crippen LogP contribution in [0.5, 0.6) is 5.75 Å². The zero-order chi connectivity index (χ0) is 12.7. The van der Waals surface area contributed by atoms with E-state index in [9.17, 15) is 4.79 Å². The molecule has 1 unspecified atom stereocenters. The summed E-state index contributed by atoms with van der Waals surface area (Å²) in [6, 6.07) is 7.15. The molecule has 0 N–H and O–H groups in total. The molecule has 1 rings (SSSR count). The van der Waals surface area contributed by atoms with Crippen LogP contribution in [0.1, 0.15) is 37.0 Å². The number of carbonyl (C=O) groups is 1. The molecule has 0 bridgehead atoms. The van der Waals surface area contributed by atoms with Gasteiger partial charge in [0.05, 0.1) is 7.11 Å². The largest absolute Gasteiger partial charge is 0.497 e. The van der Waals surface area contributed by atoms with Gasteiger partial charge in [0.2, 0.25) is 0 Å². The Balaban J connectivity index is 2.77. The SMILES string of the molecule is CCCC(OCC)C(=O)c1ccc(OC)cc1. The summed E-state index contributed by atoms with van der Waals surface area (Å²) in [4.78, 5) is 12.2. The van der Waals surface area contributed by atoms with Crippen molar-refractivity contribution < 1.29 is 14.3 Å². The second-order valence-corrected chi connectivity index (χ2v) is 3.83. The van der Waals surface area contributed by atoms with Crippen molar-refractivity contribution in [3.8, 4) is 5.75 Å². The number of rotatable bonds is 7. The highest BCUT2D eigenvalue weighted by Crippen LogP contribution is 2.15. The van der Waals surface area contributed by atoms with Crippen LogP contribution in [0.4, 0.5) is 0 Å². The number of ether oxygens (including phenoxy) is 2. The molecule has 0 aliphatic heterocycles. The molecule has 0 saturated carbocycles. The van der Waals surface area contributed by atoms with Crippen molar-refractivity contribution in [1.82, 2.24) is 0 Å². The van der Waals surface area contributed by atoms with Crippen LogP contribution in [-0.2, 0) is 4.74 Å². The number of hydrogen-bond donors (Lipinski definition) is 0. The summed E-state index contributed by atoms with van der Waals surface area (Å²) in [5, 5.41) is 0. The third-order valence-corrected chi connectivity index (χ3v) is 2.59. The Kier molecular flexibility index (Phi) is 5.70. The van der Waals surface area contributed by atoms with Crippen LogP contribution in [0.15, 0.2) is 24.3 Å². The van der Waals surface area contributed by atoms with Gasteiger partial charge in [-0.2, -0.15) is 0 Å². The summed E-state index contributed by atoms with van der Waals surface area (Å²) in [5.41, 5.74) is 0.678. The van der Waals surface area contributed by atoms with E-state index in [-0.39, 0.29) is 11.9 Å². The van der Waals surface area contributed by atoms with Crippen molar-refractivity contribution >= 4 is 5.78 Å². The average Bonchev–Trinajstić information content (AvgIpc) is 2.38. The molecular weight excluding hydrogens is 216 g/mol. The number of ketones is 1. The molecule has 0 saturated heterocycles. The summed E-state index contributed by atoms with van der Waals surface area (Å²) in [7, 11) is 1.61. The fraction of sp³-hybridized carbons (Fsp3) is 0.500.